The molecule has 178 valence electrons. The van der Waals surface area contributed by atoms with Crippen LogP contribution in [0.4, 0.5) is 0 Å². The summed E-state index contributed by atoms with van der Waals surface area (Å²) in [5, 5.41) is 5.13. The van der Waals surface area contributed by atoms with Crippen molar-refractivity contribution in [3.8, 4) is 11.5 Å². The van der Waals surface area contributed by atoms with E-state index in [4.69, 9.17) is 32.7 Å². The number of benzene rings is 4. The summed E-state index contributed by atoms with van der Waals surface area (Å²) < 4.78 is 11.0. The molecule has 0 aliphatic rings. The van der Waals surface area contributed by atoms with Gasteiger partial charge in [0.1, 0.15) is 11.5 Å². The predicted molar refractivity (Wildman–Crippen MR) is 142 cm³/mol. The highest BCUT2D eigenvalue weighted by Gasteiger charge is 2.26. The highest BCUT2D eigenvalue weighted by atomic mass is 35.5. The summed E-state index contributed by atoms with van der Waals surface area (Å²) in [6, 6.07) is 21.6. The Kier molecular flexibility index (Phi) is 5.36. The second-order valence-corrected chi connectivity index (χ2v) is 9.48. The number of esters is 2. The van der Waals surface area contributed by atoms with E-state index in [1.807, 2.05) is 36.4 Å². The fourth-order valence-corrected chi connectivity index (χ4v) is 4.69. The van der Waals surface area contributed by atoms with Crippen LogP contribution in [0.1, 0.15) is 6.92 Å². The highest BCUT2D eigenvalue weighted by molar-refractivity contribution is 6.32. The van der Waals surface area contributed by atoms with Crippen LogP contribution < -0.4 is 9.47 Å². The van der Waals surface area contributed by atoms with Crippen LogP contribution in [-0.4, -0.2) is 21.9 Å². The van der Waals surface area contributed by atoms with Crippen molar-refractivity contribution >= 4 is 78.8 Å². The molecule has 0 atom stereocenters. The Bertz CT molecular complexity index is 1700. The number of carbonyl (C=O) groups excluding carboxylic acids is 2. The van der Waals surface area contributed by atoms with Crippen LogP contribution in [-0.2, 0) is 9.59 Å². The number of aromatic nitrogens is 2. The molecule has 0 aliphatic heterocycles. The van der Waals surface area contributed by atoms with Gasteiger partial charge in [0, 0.05) is 54.8 Å². The standard InChI is InChI=1S/C28H18Cl2N2O4/c1-14(27(33)35-17-4-6-19-21-10-15(29)2-8-23(21)31-25(19)12-17)28(34)36-18-5-7-20-22-11-16(30)3-9-24(22)32-26(20)13-18/h2-14,31-32H,1H3. The Hall–Kier alpha value is -4.00. The molecule has 0 bridgehead atoms. The van der Waals surface area contributed by atoms with Crippen LogP contribution in [0.2, 0.25) is 10.0 Å². The Morgan fingerprint density at radius 2 is 1.06 bits per heavy atom. The van der Waals surface area contributed by atoms with Gasteiger partial charge in [-0.25, -0.2) is 0 Å². The maximum atomic E-state index is 12.7. The topological polar surface area (TPSA) is 84.2 Å². The molecule has 0 saturated carbocycles. The average Bonchev–Trinajstić information content (AvgIpc) is 3.40. The lowest BCUT2D eigenvalue weighted by Crippen LogP contribution is -2.29. The van der Waals surface area contributed by atoms with Crippen LogP contribution in [0.3, 0.4) is 0 Å². The molecule has 36 heavy (non-hydrogen) atoms. The van der Waals surface area contributed by atoms with E-state index < -0.39 is 17.9 Å². The molecular formula is C28H18Cl2N2O4. The van der Waals surface area contributed by atoms with Gasteiger partial charge in [0.25, 0.3) is 0 Å². The number of rotatable bonds is 4. The number of aromatic amines is 2. The van der Waals surface area contributed by atoms with Crippen molar-refractivity contribution in [3.05, 3.63) is 82.8 Å². The fraction of sp³-hybridized carbons (Fsp3) is 0.0714. The minimum Gasteiger partial charge on any atom is -0.426 e. The zero-order chi connectivity index (χ0) is 25.0. The molecule has 0 saturated heterocycles. The molecule has 0 amide bonds. The zero-order valence-corrected chi connectivity index (χ0v) is 20.4. The second-order valence-electron chi connectivity index (χ2n) is 8.61. The van der Waals surface area contributed by atoms with Crippen molar-refractivity contribution in [1.29, 1.82) is 0 Å². The minimum atomic E-state index is -1.13. The van der Waals surface area contributed by atoms with E-state index in [0.717, 1.165) is 43.6 Å². The monoisotopic (exact) mass is 516 g/mol. The summed E-state index contributed by atoms with van der Waals surface area (Å²) >= 11 is 12.2. The molecular weight excluding hydrogens is 499 g/mol. The van der Waals surface area contributed by atoms with E-state index in [0.29, 0.717) is 21.5 Å². The molecule has 2 N–H and O–H groups in total. The maximum absolute atomic E-state index is 12.7. The number of ether oxygens (including phenoxy) is 2. The van der Waals surface area contributed by atoms with Crippen molar-refractivity contribution in [2.75, 3.05) is 0 Å². The molecule has 6 aromatic rings. The zero-order valence-electron chi connectivity index (χ0n) is 18.9. The third kappa shape index (κ3) is 3.94. The van der Waals surface area contributed by atoms with Crippen LogP contribution in [0.5, 0.6) is 11.5 Å². The molecule has 8 heteroatoms. The van der Waals surface area contributed by atoms with Crippen molar-refractivity contribution in [3.63, 3.8) is 0 Å². The summed E-state index contributed by atoms with van der Waals surface area (Å²) in [4.78, 5) is 31.9. The lowest BCUT2D eigenvalue weighted by Gasteiger charge is -2.11. The summed E-state index contributed by atoms with van der Waals surface area (Å²) in [5.41, 5.74) is 3.43. The van der Waals surface area contributed by atoms with Crippen LogP contribution in [0.15, 0.2) is 72.8 Å². The lowest BCUT2D eigenvalue weighted by atomic mass is 10.1. The summed E-state index contributed by atoms with van der Waals surface area (Å²) in [7, 11) is 0. The normalized spacial score (nSPS) is 11.7. The Balaban J connectivity index is 1.18. The first-order valence-electron chi connectivity index (χ1n) is 11.2. The first-order valence-corrected chi connectivity index (χ1v) is 12.0. The molecule has 6 rings (SSSR count). The largest absolute Gasteiger partial charge is 0.426 e. The van der Waals surface area contributed by atoms with Crippen LogP contribution in [0, 0.1) is 5.92 Å². The molecule has 0 fully saturated rings. The van der Waals surface area contributed by atoms with Crippen molar-refractivity contribution < 1.29 is 19.1 Å². The van der Waals surface area contributed by atoms with E-state index in [1.54, 1.807) is 36.4 Å². The van der Waals surface area contributed by atoms with Gasteiger partial charge in [0.05, 0.1) is 11.0 Å². The van der Waals surface area contributed by atoms with Gasteiger partial charge in [0.15, 0.2) is 5.92 Å². The minimum absolute atomic E-state index is 0.322. The van der Waals surface area contributed by atoms with Crippen LogP contribution in [0.25, 0.3) is 43.6 Å². The first-order chi connectivity index (χ1) is 17.4. The van der Waals surface area contributed by atoms with Gasteiger partial charge in [-0.3, -0.25) is 9.59 Å². The molecule has 0 unspecified atom stereocenters. The quantitative estimate of drug-likeness (QED) is 0.145. The average molecular weight is 517 g/mol. The maximum Gasteiger partial charge on any atom is 0.325 e. The van der Waals surface area contributed by atoms with Crippen molar-refractivity contribution in [1.82, 2.24) is 9.97 Å². The number of fused-ring (bicyclic) bond motifs is 6. The molecule has 2 aromatic heterocycles. The van der Waals surface area contributed by atoms with Gasteiger partial charge >= 0.3 is 11.9 Å². The third-order valence-corrected chi connectivity index (χ3v) is 6.68. The van der Waals surface area contributed by atoms with Gasteiger partial charge in [0.2, 0.25) is 0 Å². The predicted octanol–water partition coefficient (Wildman–Crippen LogP) is 7.41. The van der Waals surface area contributed by atoms with Crippen LogP contribution >= 0.6 is 23.2 Å². The molecule has 2 heterocycles. The lowest BCUT2D eigenvalue weighted by molar-refractivity contribution is -0.150. The van der Waals surface area contributed by atoms with E-state index in [2.05, 4.69) is 9.97 Å². The number of H-pyrrole nitrogens is 2. The third-order valence-electron chi connectivity index (χ3n) is 6.21. The number of hydrogen-bond donors (Lipinski definition) is 2. The van der Waals surface area contributed by atoms with E-state index >= 15 is 0 Å². The van der Waals surface area contributed by atoms with Crippen molar-refractivity contribution in [2.24, 2.45) is 5.92 Å². The molecule has 0 spiro atoms. The van der Waals surface area contributed by atoms with Gasteiger partial charge in [-0.2, -0.15) is 0 Å². The molecule has 0 radical (unpaired) electrons. The second kappa shape index (κ2) is 8.59. The summed E-state index contributed by atoms with van der Waals surface area (Å²) in [6.45, 7) is 1.46. The Labute approximate surface area is 214 Å². The summed E-state index contributed by atoms with van der Waals surface area (Å²) in [6.07, 6.45) is 0. The summed E-state index contributed by atoms with van der Waals surface area (Å²) in [5.74, 6) is -1.90. The van der Waals surface area contributed by atoms with Gasteiger partial charge in [-0.15, -0.1) is 0 Å². The SMILES string of the molecule is CC(C(=O)Oc1ccc2c(c1)[nH]c1ccc(Cl)cc12)C(=O)Oc1ccc2c(c1)[nH]c1ccc(Cl)cc12. The molecule has 6 nitrogen and oxygen atoms in total. The number of hydrogen-bond acceptors (Lipinski definition) is 4. The van der Waals surface area contributed by atoms with E-state index in [9.17, 15) is 9.59 Å². The fourth-order valence-electron chi connectivity index (χ4n) is 4.34. The highest BCUT2D eigenvalue weighted by Crippen LogP contribution is 2.32. The van der Waals surface area contributed by atoms with Crippen molar-refractivity contribution in [2.45, 2.75) is 6.92 Å². The Morgan fingerprint density at radius 3 is 1.50 bits per heavy atom. The Morgan fingerprint density at radius 1 is 0.611 bits per heavy atom. The molecule has 4 aromatic carbocycles. The number of halogens is 2. The van der Waals surface area contributed by atoms with Gasteiger partial charge in [-0.1, -0.05) is 23.2 Å². The molecule has 0 aliphatic carbocycles. The number of nitrogens with one attached hydrogen (secondary N) is 2. The van der Waals surface area contributed by atoms with E-state index in [-0.39, 0.29) is 0 Å². The van der Waals surface area contributed by atoms with E-state index in [1.165, 1.54) is 6.92 Å². The van der Waals surface area contributed by atoms with Gasteiger partial charge in [-0.05, 0) is 67.6 Å². The first kappa shape index (κ1) is 22.5. The number of carbonyl (C=O) groups is 2. The van der Waals surface area contributed by atoms with Gasteiger partial charge < -0.3 is 19.4 Å². The smallest absolute Gasteiger partial charge is 0.325 e.